The molecule has 2 rings (SSSR count). The maximum Gasteiger partial charge on any atom is 0.257 e. The number of amides is 1. The van der Waals surface area contributed by atoms with Crippen molar-refractivity contribution in [3.63, 3.8) is 0 Å². The summed E-state index contributed by atoms with van der Waals surface area (Å²) in [6, 6.07) is 4.97. The Bertz CT molecular complexity index is 496. The highest BCUT2D eigenvalue weighted by molar-refractivity contribution is 6.18. The highest BCUT2D eigenvalue weighted by Crippen LogP contribution is 2.30. The largest absolute Gasteiger partial charge is 0.504 e. The van der Waals surface area contributed by atoms with Crippen LogP contribution in [0.25, 0.3) is 0 Å². The van der Waals surface area contributed by atoms with Gasteiger partial charge in [0.1, 0.15) is 0 Å². The molecule has 1 saturated heterocycles. The molecule has 1 heterocycles. The summed E-state index contributed by atoms with van der Waals surface area (Å²) >= 11 is 5.77. The van der Waals surface area contributed by atoms with Crippen molar-refractivity contribution in [2.75, 3.05) is 45.7 Å². The summed E-state index contributed by atoms with van der Waals surface area (Å²) < 4.78 is 5.05. The van der Waals surface area contributed by atoms with Gasteiger partial charge in [-0.25, -0.2) is 0 Å². The lowest BCUT2D eigenvalue weighted by molar-refractivity contribution is 0.0758. The van der Waals surface area contributed by atoms with Crippen LogP contribution in [0.3, 0.4) is 0 Å². The predicted molar refractivity (Wildman–Crippen MR) is 82.3 cm³/mol. The monoisotopic (exact) mass is 312 g/mol. The molecule has 116 valence electrons. The van der Waals surface area contributed by atoms with Crippen LogP contribution >= 0.6 is 11.6 Å². The number of rotatable bonds is 4. The number of carbonyl (C=O) groups is 1. The van der Waals surface area contributed by atoms with Crippen LogP contribution in [0.15, 0.2) is 18.2 Å². The highest BCUT2D eigenvalue weighted by atomic mass is 35.5. The third kappa shape index (κ3) is 3.80. The van der Waals surface area contributed by atoms with E-state index >= 15 is 0 Å². The second-order valence-electron chi connectivity index (χ2n) is 5.03. The van der Waals surface area contributed by atoms with Crippen molar-refractivity contribution < 1.29 is 14.6 Å². The smallest absolute Gasteiger partial charge is 0.257 e. The Morgan fingerprint density at radius 3 is 2.86 bits per heavy atom. The van der Waals surface area contributed by atoms with E-state index in [0.717, 1.165) is 26.1 Å². The number of hydrogen-bond donors (Lipinski definition) is 1. The van der Waals surface area contributed by atoms with Crippen molar-refractivity contribution in [2.45, 2.75) is 6.42 Å². The molecule has 1 fully saturated rings. The zero-order chi connectivity index (χ0) is 15.2. The van der Waals surface area contributed by atoms with Crippen molar-refractivity contribution in [1.29, 1.82) is 0 Å². The molecule has 6 heteroatoms. The van der Waals surface area contributed by atoms with E-state index in [2.05, 4.69) is 4.90 Å². The van der Waals surface area contributed by atoms with E-state index in [9.17, 15) is 9.90 Å². The number of phenolic OH excluding ortho intramolecular Hbond substituents is 1. The summed E-state index contributed by atoms with van der Waals surface area (Å²) in [5, 5.41) is 10.1. The Kier molecular flexibility index (Phi) is 5.70. The van der Waals surface area contributed by atoms with Gasteiger partial charge in [0.05, 0.1) is 12.7 Å². The summed E-state index contributed by atoms with van der Waals surface area (Å²) in [5.74, 6) is 0.676. The molecule has 1 aromatic rings. The number of methoxy groups -OCH3 is 1. The Hall–Kier alpha value is -1.46. The molecule has 0 radical (unpaired) electrons. The lowest BCUT2D eigenvalue weighted by Crippen LogP contribution is -2.35. The molecule has 21 heavy (non-hydrogen) atoms. The molecule has 1 amide bonds. The van der Waals surface area contributed by atoms with Gasteiger partial charge in [-0.2, -0.15) is 0 Å². The minimum Gasteiger partial charge on any atom is -0.504 e. The Balaban J connectivity index is 2.10. The second-order valence-corrected chi connectivity index (χ2v) is 5.41. The number of nitrogens with zero attached hydrogens (tertiary/aromatic N) is 2. The molecule has 0 unspecified atom stereocenters. The van der Waals surface area contributed by atoms with Gasteiger partial charge in [-0.05, 0) is 25.1 Å². The van der Waals surface area contributed by atoms with Crippen LogP contribution in [-0.2, 0) is 0 Å². The van der Waals surface area contributed by atoms with Crippen LogP contribution in [0, 0.1) is 0 Å². The molecular weight excluding hydrogens is 292 g/mol. The van der Waals surface area contributed by atoms with E-state index in [1.165, 1.54) is 7.11 Å². The number of benzene rings is 1. The summed E-state index contributed by atoms with van der Waals surface area (Å²) in [4.78, 5) is 16.6. The maximum atomic E-state index is 12.6. The summed E-state index contributed by atoms with van der Waals surface area (Å²) in [7, 11) is 1.47. The first kappa shape index (κ1) is 15.9. The lowest BCUT2D eigenvalue weighted by Gasteiger charge is -2.22. The van der Waals surface area contributed by atoms with E-state index in [1.807, 2.05) is 0 Å². The minimum absolute atomic E-state index is 0.0909. The fourth-order valence-corrected chi connectivity index (χ4v) is 2.79. The number of halogens is 1. The number of hydrogen-bond acceptors (Lipinski definition) is 4. The number of phenols is 1. The number of carbonyl (C=O) groups excluding carboxylic acids is 1. The van der Waals surface area contributed by atoms with Crippen LogP contribution in [0.4, 0.5) is 0 Å². The fourth-order valence-electron chi connectivity index (χ4n) is 2.55. The number of aromatic hydroxyl groups is 1. The number of para-hydroxylation sites is 1. The predicted octanol–water partition coefficient (Wildman–Crippen LogP) is 1.79. The Morgan fingerprint density at radius 2 is 2.14 bits per heavy atom. The van der Waals surface area contributed by atoms with E-state index in [4.69, 9.17) is 16.3 Å². The molecule has 0 saturated carbocycles. The number of ether oxygens (including phenoxy) is 1. The molecule has 5 nitrogen and oxygen atoms in total. The van der Waals surface area contributed by atoms with Gasteiger partial charge < -0.3 is 19.6 Å². The summed E-state index contributed by atoms with van der Waals surface area (Å²) in [6.07, 6.45) is 0.910. The average Bonchev–Trinajstić information content (AvgIpc) is 2.73. The Labute approximate surface area is 130 Å². The van der Waals surface area contributed by atoms with Crippen molar-refractivity contribution in [3.05, 3.63) is 23.8 Å². The van der Waals surface area contributed by atoms with Crippen LogP contribution in [0.2, 0.25) is 0 Å². The van der Waals surface area contributed by atoms with Gasteiger partial charge in [0.25, 0.3) is 5.91 Å². The average molecular weight is 313 g/mol. The van der Waals surface area contributed by atoms with Gasteiger partial charge in [-0.3, -0.25) is 4.79 Å². The first-order valence-electron chi connectivity index (χ1n) is 7.11. The topological polar surface area (TPSA) is 53.0 Å². The normalized spacial score (nSPS) is 16.6. The van der Waals surface area contributed by atoms with Crippen molar-refractivity contribution in [2.24, 2.45) is 0 Å². The zero-order valence-electron chi connectivity index (χ0n) is 12.2. The standard InChI is InChI=1S/C15H21ClN2O3/c1-21-13-5-2-4-12(14(13)19)15(20)18-8-3-7-17(9-6-16)10-11-18/h2,4-5,19H,3,6-11H2,1H3. The highest BCUT2D eigenvalue weighted by Gasteiger charge is 2.23. The molecule has 1 aromatic carbocycles. The van der Waals surface area contributed by atoms with Gasteiger partial charge in [-0.1, -0.05) is 6.07 Å². The minimum atomic E-state index is -0.154. The molecule has 0 bridgehead atoms. The van der Waals surface area contributed by atoms with Crippen LogP contribution in [0.1, 0.15) is 16.8 Å². The van der Waals surface area contributed by atoms with Gasteiger partial charge in [0.15, 0.2) is 11.5 Å². The van der Waals surface area contributed by atoms with E-state index in [-0.39, 0.29) is 11.7 Å². The van der Waals surface area contributed by atoms with E-state index in [0.29, 0.717) is 30.3 Å². The molecule has 0 spiro atoms. The number of alkyl halides is 1. The fraction of sp³-hybridized carbons (Fsp3) is 0.533. The third-order valence-electron chi connectivity index (χ3n) is 3.73. The molecule has 0 aliphatic carbocycles. The van der Waals surface area contributed by atoms with Crippen molar-refractivity contribution in [1.82, 2.24) is 9.80 Å². The van der Waals surface area contributed by atoms with E-state index < -0.39 is 0 Å². The van der Waals surface area contributed by atoms with Crippen LogP contribution in [0.5, 0.6) is 11.5 Å². The lowest BCUT2D eigenvalue weighted by atomic mass is 10.1. The molecule has 1 N–H and O–H groups in total. The van der Waals surface area contributed by atoms with Gasteiger partial charge in [-0.15, -0.1) is 11.6 Å². The van der Waals surface area contributed by atoms with Gasteiger partial charge in [0.2, 0.25) is 0 Å². The molecular formula is C15H21ClN2O3. The third-order valence-corrected chi connectivity index (χ3v) is 3.89. The summed E-state index contributed by atoms with van der Waals surface area (Å²) in [6.45, 7) is 3.93. The quantitative estimate of drug-likeness (QED) is 0.861. The molecule has 0 aromatic heterocycles. The van der Waals surface area contributed by atoms with Crippen LogP contribution < -0.4 is 4.74 Å². The van der Waals surface area contributed by atoms with Crippen molar-refractivity contribution in [3.8, 4) is 11.5 Å². The molecule has 1 aliphatic rings. The maximum absolute atomic E-state index is 12.6. The van der Waals surface area contributed by atoms with Gasteiger partial charge >= 0.3 is 0 Å². The first-order valence-corrected chi connectivity index (χ1v) is 7.64. The zero-order valence-corrected chi connectivity index (χ0v) is 13.0. The van der Waals surface area contributed by atoms with Crippen molar-refractivity contribution >= 4 is 17.5 Å². The first-order chi connectivity index (χ1) is 10.2. The molecule has 1 aliphatic heterocycles. The Morgan fingerprint density at radius 1 is 1.33 bits per heavy atom. The van der Waals surface area contributed by atoms with Gasteiger partial charge in [0, 0.05) is 32.1 Å². The SMILES string of the molecule is COc1cccc(C(=O)N2CCCN(CCCl)CC2)c1O. The summed E-state index contributed by atoms with van der Waals surface area (Å²) in [5.41, 5.74) is 0.292. The van der Waals surface area contributed by atoms with E-state index in [1.54, 1.807) is 23.1 Å². The second kappa shape index (κ2) is 7.52. The van der Waals surface area contributed by atoms with Crippen LogP contribution in [-0.4, -0.2) is 66.5 Å². The molecule has 0 atom stereocenters.